The molecule has 0 spiro atoms. The second-order valence-electron chi connectivity index (χ2n) is 3.73. The third kappa shape index (κ3) is 2.62. The van der Waals surface area contributed by atoms with E-state index in [0.29, 0.717) is 5.56 Å². The van der Waals surface area contributed by atoms with Crippen LogP contribution in [0.1, 0.15) is 5.56 Å². The van der Waals surface area contributed by atoms with Gasteiger partial charge >= 0.3 is 0 Å². The van der Waals surface area contributed by atoms with Crippen molar-refractivity contribution in [3.63, 3.8) is 0 Å². The van der Waals surface area contributed by atoms with E-state index in [1.807, 2.05) is 0 Å². The Morgan fingerprint density at radius 2 is 1.94 bits per heavy atom. The van der Waals surface area contributed by atoms with Crippen molar-refractivity contribution >= 4 is 23.4 Å². The monoisotopic (exact) mass is 256 g/mol. The maximum Gasteiger partial charge on any atom is 0.243 e. The fourth-order valence-electron chi connectivity index (χ4n) is 1.60. The summed E-state index contributed by atoms with van der Waals surface area (Å²) in [6, 6.07) is 4.14. The van der Waals surface area contributed by atoms with Gasteiger partial charge in [0.2, 0.25) is 11.8 Å². The first kappa shape index (κ1) is 12.0. The first-order chi connectivity index (χ1) is 8.08. The van der Waals surface area contributed by atoms with E-state index in [9.17, 15) is 14.0 Å². The molecule has 1 aliphatic heterocycles. The molecule has 0 saturated carbocycles. The Labute approximate surface area is 102 Å². The molecule has 0 bridgehead atoms. The van der Waals surface area contributed by atoms with E-state index in [-0.39, 0.29) is 36.5 Å². The Hall–Kier alpha value is -1.46. The van der Waals surface area contributed by atoms with E-state index in [1.54, 1.807) is 0 Å². The van der Waals surface area contributed by atoms with Gasteiger partial charge in [-0.1, -0.05) is 17.7 Å². The van der Waals surface area contributed by atoms with Gasteiger partial charge in [-0.05, 0) is 17.7 Å². The molecule has 0 aromatic heterocycles. The van der Waals surface area contributed by atoms with Gasteiger partial charge in [-0.3, -0.25) is 19.8 Å². The highest BCUT2D eigenvalue weighted by Gasteiger charge is 2.25. The standard InChI is InChI=1S/C11H10ClFN2O2/c12-8-3-7(1-2-9(8)13)6-15-10(16)4-14-5-11(15)17/h1-3,14H,4-6H2. The number of hydrogen-bond donors (Lipinski definition) is 1. The molecule has 2 rings (SSSR count). The molecule has 1 aromatic rings. The van der Waals surface area contributed by atoms with Gasteiger partial charge in [-0.15, -0.1) is 0 Å². The number of nitrogens with zero attached hydrogens (tertiary/aromatic N) is 1. The molecule has 1 fully saturated rings. The highest BCUT2D eigenvalue weighted by Crippen LogP contribution is 2.17. The first-order valence-electron chi connectivity index (χ1n) is 5.06. The van der Waals surface area contributed by atoms with Crippen molar-refractivity contribution in [1.82, 2.24) is 10.2 Å². The quantitative estimate of drug-likeness (QED) is 0.801. The average molecular weight is 257 g/mol. The molecule has 1 heterocycles. The minimum absolute atomic E-state index is 0.0162. The second kappa shape index (κ2) is 4.81. The normalized spacial score (nSPS) is 16.5. The number of nitrogens with one attached hydrogen (secondary N) is 1. The largest absolute Gasteiger partial charge is 0.300 e. The fourth-order valence-corrected chi connectivity index (χ4v) is 1.81. The molecule has 1 aliphatic rings. The van der Waals surface area contributed by atoms with E-state index in [1.165, 1.54) is 18.2 Å². The molecule has 1 N–H and O–H groups in total. The van der Waals surface area contributed by atoms with Crippen molar-refractivity contribution < 1.29 is 14.0 Å². The van der Waals surface area contributed by atoms with E-state index in [0.717, 1.165) is 4.90 Å². The summed E-state index contributed by atoms with van der Waals surface area (Å²) in [5.41, 5.74) is 0.625. The number of rotatable bonds is 2. The molecule has 0 radical (unpaired) electrons. The number of amides is 2. The molecule has 0 atom stereocenters. The Balaban J connectivity index is 2.16. The van der Waals surface area contributed by atoms with Crippen LogP contribution in [-0.4, -0.2) is 29.8 Å². The summed E-state index contributed by atoms with van der Waals surface area (Å²) in [7, 11) is 0. The summed E-state index contributed by atoms with van der Waals surface area (Å²) < 4.78 is 12.9. The predicted octanol–water partition coefficient (Wildman–Crippen LogP) is 0.938. The average Bonchev–Trinajstić information content (AvgIpc) is 2.28. The maximum atomic E-state index is 12.9. The van der Waals surface area contributed by atoms with Crippen molar-refractivity contribution in [1.29, 1.82) is 0 Å². The van der Waals surface area contributed by atoms with Crippen LogP contribution in [0, 0.1) is 5.82 Å². The number of imide groups is 1. The number of benzene rings is 1. The molecule has 0 unspecified atom stereocenters. The minimum Gasteiger partial charge on any atom is -0.300 e. The van der Waals surface area contributed by atoms with Crippen LogP contribution in [0.3, 0.4) is 0 Å². The summed E-state index contributed by atoms with van der Waals surface area (Å²) in [5.74, 6) is -1.10. The summed E-state index contributed by atoms with van der Waals surface area (Å²) in [6.45, 7) is 0.403. The number of halogens is 2. The summed E-state index contributed by atoms with van der Waals surface area (Å²) in [4.78, 5) is 24.1. The molecular formula is C11H10ClFN2O2. The molecule has 4 nitrogen and oxygen atoms in total. The zero-order valence-electron chi connectivity index (χ0n) is 8.87. The molecule has 1 saturated heterocycles. The van der Waals surface area contributed by atoms with Crippen LogP contribution in [0.4, 0.5) is 4.39 Å². The van der Waals surface area contributed by atoms with E-state index in [4.69, 9.17) is 11.6 Å². The van der Waals surface area contributed by atoms with Crippen LogP contribution in [-0.2, 0) is 16.1 Å². The van der Waals surface area contributed by atoms with Crippen LogP contribution in [0.5, 0.6) is 0 Å². The lowest BCUT2D eigenvalue weighted by Gasteiger charge is -2.25. The Kier molecular flexibility index (Phi) is 3.40. The van der Waals surface area contributed by atoms with Crippen molar-refractivity contribution in [3.8, 4) is 0 Å². The molecular weight excluding hydrogens is 247 g/mol. The molecule has 90 valence electrons. The van der Waals surface area contributed by atoms with Crippen molar-refractivity contribution in [2.75, 3.05) is 13.1 Å². The number of carbonyl (C=O) groups is 2. The summed E-state index contributed by atoms with van der Waals surface area (Å²) >= 11 is 5.63. The Bertz CT molecular complexity index is 463. The molecule has 2 amide bonds. The first-order valence-corrected chi connectivity index (χ1v) is 5.43. The molecule has 17 heavy (non-hydrogen) atoms. The zero-order valence-corrected chi connectivity index (χ0v) is 9.63. The third-order valence-electron chi connectivity index (χ3n) is 2.48. The van der Waals surface area contributed by atoms with Gasteiger partial charge in [-0.25, -0.2) is 4.39 Å². The van der Waals surface area contributed by atoms with Gasteiger partial charge in [0.1, 0.15) is 5.82 Å². The van der Waals surface area contributed by atoms with E-state index >= 15 is 0 Å². The molecule has 1 aromatic carbocycles. The highest BCUT2D eigenvalue weighted by atomic mass is 35.5. The summed E-state index contributed by atoms with van der Waals surface area (Å²) in [6.07, 6.45) is 0. The van der Waals surface area contributed by atoms with Crippen LogP contribution in [0.15, 0.2) is 18.2 Å². The Morgan fingerprint density at radius 3 is 2.53 bits per heavy atom. The van der Waals surface area contributed by atoms with Gasteiger partial charge in [0.15, 0.2) is 0 Å². The van der Waals surface area contributed by atoms with Gasteiger partial charge < -0.3 is 0 Å². The smallest absolute Gasteiger partial charge is 0.243 e. The van der Waals surface area contributed by atoms with Gasteiger partial charge in [0, 0.05) is 0 Å². The van der Waals surface area contributed by atoms with Crippen LogP contribution in [0.2, 0.25) is 5.02 Å². The van der Waals surface area contributed by atoms with Gasteiger partial charge in [-0.2, -0.15) is 0 Å². The molecule has 6 heteroatoms. The lowest BCUT2D eigenvalue weighted by atomic mass is 10.2. The zero-order chi connectivity index (χ0) is 12.4. The van der Waals surface area contributed by atoms with Gasteiger partial charge in [0.05, 0.1) is 24.7 Å². The van der Waals surface area contributed by atoms with Crippen molar-refractivity contribution in [2.24, 2.45) is 0 Å². The van der Waals surface area contributed by atoms with Crippen molar-refractivity contribution in [2.45, 2.75) is 6.54 Å². The topological polar surface area (TPSA) is 49.4 Å². The van der Waals surface area contributed by atoms with E-state index < -0.39 is 5.82 Å². The number of piperazine rings is 1. The van der Waals surface area contributed by atoms with Crippen LogP contribution >= 0.6 is 11.6 Å². The highest BCUT2D eigenvalue weighted by molar-refractivity contribution is 6.30. The molecule has 0 aliphatic carbocycles. The number of carbonyl (C=O) groups excluding carboxylic acids is 2. The maximum absolute atomic E-state index is 12.9. The SMILES string of the molecule is O=C1CNCC(=O)N1Cc1ccc(F)c(Cl)c1. The predicted molar refractivity (Wildman–Crippen MR) is 59.8 cm³/mol. The lowest BCUT2D eigenvalue weighted by Crippen LogP contribution is -2.51. The van der Waals surface area contributed by atoms with E-state index in [2.05, 4.69) is 5.32 Å². The Morgan fingerprint density at radius 1 is 1.29 bits per heavy atom. The van der Waals surface area contributed by atoms with Gasteiger partial charge in [0.25, 0.3) is 0 Å². The lowest BCUT2D eigenvalue weighted by molar-refractivity contribution is -0.147. The summed E-state index contributed by atoms with van der Waals surface area (Å²) in [5, 5.41) is 2.68. The number of hydrogen-bond acceptors (Lipinski definition) is 3. The minimum atomic E-state index is -0.520. The second-order valence-corrected chi connectivity index (χ2v) is 4.13. The van der Waals surface area contributed by atoms with Crippen molar-refractivity contribution in [3.05, 3.63) is 34.6 Å². The fraction of sp³-hybridized carbons (Fsp3) is 0.273. The third-order valence-corrected chi connectivity index (χ3v) is 2.77. The van der Waals surface area contributed by atoms with Crippen LogP contribution in [0.25, 0.3) is 0 Å². The van der Waals surface area contributed by atoms with Crippen LogP contribution < -0.4 is 5.32 Å².